The molecule has 8 heteroatoms. The quantitative estimate of drug-likeness (QED) is 0.908. The number of benzene rings is 1. The first kappa shape index (κ1) is 17.0. The van der Waals surface area contributed by atoms with Gasteiger partial charge in [0.15, 0.2) is 5.82 Å². The lowest BCUT2D eigenvalue weighted by atomic mass is 10.2. The number of aromatic nitrogens is 1. The van der Waals surface area contributed by atoms with Crippen LogP contribution in [-0.4, -0.2) is 30.1 Å². The molecule has 0 fully saturated rings. The molecular weight excluding hydrogens is 325 g/mol. The summed E-state index contributed by atoms with van der Waals surface area (Å²) < 4.78 is 18.6. The van der Waals surface area contributed by atoms with Gasteiger partial charge in [0.1, 0.15) is 11.6 Å². The van der Waals surface area contributed by atoms with Gasteiger partial charge in [-0.05, 0) is 19.1 Å². The molecule has 1 aromatic heterocycles. The van der Waals surface area contributed by atoms with E-state index in [-0.39, 0.29) is 29.6 Å². The Labute approximate surface area is 137 Å². The van der Waals surface area contributed by atoms with Crippen LogP contribution in [0.2, 0.25) is 5.02 Å². The second-order valence-electron chi connectivity index (χ2n) is 4.82. The number of amides is 2. The zero-order valence-corrected chi connectivity index (χ0v) is 13.4. The molecule has 1 heterocycles. The van der Waals surface area contributed by atoms with Gasteiger partial charge in [-0.1, -0.05) is 22.8 Å². The van der Waals surface area contributed by atoms with E-state index in [2.05, 4.69) is 10.5 Å². The number of hydrogen-bond acceptors (Lipinski definition) is 4. The van der Waals surface area contributed by atoms with Gasteiger partial charge < -0.3 is 9.84 Å². The van der Waals surface area contributed by atoms with Crippen LogP contribution in [0.3, 0.4) is 0 Å². The zero-order chi connectivity index (χ0) is 17.0. The Hall–Kier alpha value is -2.41. The fourth-order valence-electron chi connectivity index (χ4n) is 2.00. The Morgan fingerprint density at radius 2 is 2.17 bits per heavy atom. The number of nitrogens with one attached hydrogen (secondary N) is 1. The molecule has 2 rings (SSSR count). The SMILES string of the molecule is CC(=O)N(CCNC(=O)c1c(F)cccc1Cl)c1cc(C)on1. The highest BCUT2D eigenvalue weighted by molar-refractivity contribution is 6.33. The fourth-order valence-corrected chi connectivity index (χ4v) is 2.25. The second kappa shape index (κ2) is 7.23. The van der Waals surface area contributed by atoms with Crippen molar-refractivity contribution in [2.45, 2.75) is 13.8 Å². The van der Waals surface area contributed by atoms with Gasteiger partial charge in [-0.3, -0.25) is 14.5 Å². The number of halogens is 2. The van der Waals surface area contributed by atoms with Crippen molar-refractivity contribution < 1.29 is 18.5 Å². The van der Waals surface area contributed by atoms with Crippen LogP contribution in [0.5, 0.6) is 0 Å². The summed E-state index contributed by atoms with van der Waals surface area (Å²) in [6, 6.07) is 5.61. The number of nitrogens with zero attached hydrogens (tertiary/aromatic N) is 2. The fraction of sp³-hybridized carbons (Fsp3) is 0.267. The molecule has 0 unspecified atom stereocenters. The molecule has 0 saturated carbocycles. The minimum atomic E-state index is -0.703. The Kier molecular flexibility index (Phi) is 5.33. The lowest BCUT2D eigenvalue weighted by Gasteiger charge is -2.18. The molecule has 2 aromatic rings. The highest BCUT2D eigenvalue weighted by atomic mass is 35.5. The molecule has 122 valence electrons. The molecule has 0 spiro atoms. The summed E-state index contributed by atoms with van der Waals surface area (Å²) in [6.45, 7) is 3.35. The molecule has 0 saturated heterocycles. The first-order valence-electron chi connectivity index (χ1n) is 6.83. The van der Waals surface area contributed by atoms with Gasteiger partial charge in [0.05, 0.1) is 10.6 Å². The standard InChI is InChI=1S/C15H15ClFN3O3/c1-9-8-13(19-23-9)20(10(2)21)7-6-18-15(22)14-11(16)4-3-5-12(14)17/h3-5,8H,6-7H2,1-2H3,(H,18,22). The van der Waals surface area contributed by atoms with Crippen LogP contribution in [0.1, 0.15) is 23.0 Å². The molecule has 1 aromatic carbocycles. The molecule has 2 amide bonds. The summed E-state index contributed by atoms with van der Waals surface area (Å²) in [4.78, 5) is 25.0. The van der Waals surface area contributed by atoms with Gasteiger partial charge in [-0.15, -0.1) is 0 Å². The van der Waals surface area contributed by atoms with Gasteiger partial charge >= 0.3 is 0 Å². The third-order valence-corrected chi connectivity index (χ3v) is 3.40. The maximum absolute atomic E-state index is 13.7. The molecule has 0 bridgehead atoms. The number of rotatable bonds is 5. The Morgan fingerprint density at radius 3 is 2.74 bits per heavy atom. The van der Waals surface area contributed by atoms with E-state index in [0.29, 0.717) is 11.6 Å². The van der Waals surface area contributed by atoms with Crippen molar-refractivity contribution in [2.24, 2.45) is 0 Å². The normalized spacial score (nSPS) is 10.4. The van der Waals surface area contributed by atoms with Crippen molar-refractivity contribution >= 4 is 29.2 Å². The largest absolute Gasteiger partial charge is 0.360 e. The zero-order valence-electron chi connectivity index (χ0n) is 12.6. The lowest BCUT2D eigenvalue weighted by Crippen LogP contribution is -2.38. The van der Waals surface area contributed by atoms with Crippen LogP contribution in [0.15, 0.2) is 28.8 Å². The van der Waals surface area contributed by atoms with Crippen LogP contribution < -0.4 is 10.2 Å². The Balaban J connectivity index is 2.00. The van der Waals surface area contributed by atoms with E-state index in [1.807, 2.05) is 0 Å². The minimum Gasteiger partial charge on any atom is -0.360 e. The average Bonchev–Trinajstić information content (AvgIpc) is 2.89. The molecular formula is C15H15ClFN3O3. The first-order chi connectivity index (χ1) is 10.9. The van der Waals surface area contributed by atoms with Crippen LogP contribution in [0, 0.1) is 12.7 Å². The number of anilines is 1. The van der Waals surface area contributed by atoms with Crippen molar-refractivity contribution in [1.82, 2.24) is 10.5 Å². The van der Waals surface area contributed by atoms with Crippen molar-refractivity contribution in [2.75, 3.05) is 18.0 Å². The predicted octanol–water partition coefficient (Wildman–Crippen LogP) is 2.56. The van der Waals surface area contributed by atoms with E-state index in [1.165, 1.54) is 24.0 Å². The van der Waals surface area contributed by atoms with Gasteiger partial charge in [0.2, 0.25) is 5.91 Å². The molecule has 0 aliphatic heterocycles. The third kappa shape index (κ3) is 4.07. The van der Waals surface area contributed by atoms with E-state index in [0.717, 1.165) is 6.07 Å². The molecule has 0 aliphatic carbocycles. The maximum atomic E-state index is 13.7. The number of carbonyl (C=O) groups is 2. The second-order valence-corrected chi connectivity index (χ2v) is 5.23. The van der Waals surface area contributed by atoms with Crippen LogP contribution in [0.4, 0.5) is 10.2 Å². The molecule has 0 aliphatic rings. The number of hydrogen-bond donors (Lipinski definition) is 1. The number of carbonyl (C=O) groups excluding carboxylic acids is 2. The molecule has 0 atom stereocenters. The van der Waals surface area contributed by atoms with E-state index in [9.17, 15) is 14.0 Å². The van der Waals surface area contributed by atoms with E-state index in [4.69, 9.17) is 16.1 Å². The summed E-state index contributed by atoms with van der Waals surface area (Å²) in [5.41, 5.74) is -0.221. The Morgan fingerprint density at radius 1 is 1.43 bits per heavy atom. The number of aryl methyl sites for hydroxylation is 1. The molecule has 1 N–H and O–H groups in total. The van der Waals surface area contributed by atoms with Crippen LogP contribution in [-0.2, 0) is 4.79 Å². The van der Waals surface area contributed by atoms with Gasteiger partial charge in [0.25, 0.3) is 5.91 Å². The Bertz CT molecular complexity index is 712. The van der Waals surface area contributed by atoms with Gasteiger partial charge in [0, 0.05) is 26.1 Å². The van der Waals surface area contributed by atoms with E-state index < -0.39 is 11.7 Å². The van der Waals surface area contributed by atoms with E-state index >= 15 is 0 Å². The third-order valence-electron chi connectivity index (χ3n) is 3.08. The maximum Gasteiger partial charge on any atom is 0.255 e. The topological polar surface area (TPSA) is 75.4 Å². The van der Waals surface area contributed by atoms with Gasteiger partial charge in [-0.2, -0.15) is 0 Å². The summed E-state index contributed by atoms with van der Waals surface area (Å²) in [5.74, 6) is -0.684. The van der Waals surface area contributed by atoms with Crippen LogP contribution in [0.25, 0.3) is 0 Å². The predicted molar refractivity (Wildman–Crippen MR) is 83.0 cm³/mol. The summed E-state index contributed by atoms with van der Waals surface area (Å²) in [6.07, 6.45) is 0. The summed E-state index contributed by atoms with van der Waals surface area (Å²) in [5, 5.41) is 6.31. The monoisotopic (exact) mass is 339 g/mol. The molecule has 6 nitrogen and oxygen atoms in total. The average molecular weight is 340 g/mol. The highest BCUT2D eigenvalue weighted by Gasteiger charge is 2.18. The lowest BCUT2D eigenvalue weighted by molar-refractivity contribution is -0.116. The van der Waals surface area contributed by atoms with Crippen molar-refractivity contribution in [3.63, 3.8) is 0 Å². The molecule has 0 radical (unpaired) electrons. The van der Waals surface area contributed by atoms with Crippen LogP contribution >= 0.6 is 11.6 Å². The summed E-state index contributed by atoms with van der Waals surface area (Å²) >= 11 is 5.83. The highest BCUT2D eigenvalue weighted by Crippen LogP contribution is 2.18. The van der Waals surface area contributed by atoms with Crippen molar-refractivity contribution in [3.05, 3.63) is 46.4 Å². The minimum absolute atomic E-state index is 0.0260. The van der Waals surface area contributed by atoms with Crippen molar-refractivity contribution in [1.29, 1.82) is 0 Å². The van der Waals surface area contributed by atoms with E-state index in [1.54, 1.807) is 13.0 Å². The molecule has 23 heavy (non-hydrogen) atoms. The summed E-state index contributed by atoms with van der Waals surface area (Å²) in [7, 11) is 0. The first-order valence-corrected chi connectivity index (χ1v) is 7.21. The smallest absolute Gasteiger partial charge is 0.255 e. The van der Waals surface area contributed by atoms with Gasteiger partial charge in [-0.25, -0.2) is 4.39 Å². The van der Waals surface area contributed by atoms with Crippen molar-refractivity contribution in [3.8, 4) is 0 Å².